The molecule has 1 aliphatic rings. The Bertz CT molecular complexity index is 1070. The third kappa shape index (κ3) is 5.25. The normalized spacial score (nSPS) is 16.3. The number of hydrogen-bond acceptors (Lipinski definition) is 4. The highest BCUT2D eigenvalue weighted by molar-refractivity contribution is 6.30. The molecule has 4 rings (SSSR count). The molecule has 0 saturated heterocycles. The second-order valence-electron chi connectivity index (χ2n) is 7.71. The van der Waals surface area contributed by atoms with Crippen molar-refractivity contribution < 1.29 is 19.7 Å². The van der Waals surface area contributed by atoms with Gasteiger partial charge in [0.05, 0.1) is 11.7 Å². The number of carbonyl (C=O) groups is 1. The molecule has 3 aromatic carbocycles. The van der Waals surface area contributed by atoms with Crippen LogP contribution in [-0.4, -0.2) is 35.4 Å². The number of aryl methyl sites for hydroxylation is 1. The molecule has 0 bridgehead atoms. The first-order chi connectivity index (χ1) is 15.0. The van der Waals surface area contributed by atoms with E-state index < -0.39 is 12.1 Å². The Labute approximate surface area is 186 Å². The number of aliphatic hydroxyl groups is 1. The van der Waals surface area contributed by atoms with Gasteiger partial charge in [-0.25, -0.2) is 4.79 Å². The molecular weight excluding hydrogens is 414 g/mol. The van der Waals surface area contributed by atoms with Crippen molar-refractivity contribution in [1.82, 2.24) is 5.32 Å². The van der Waals surface area contributed by atoms with Crippen LogP contribution in [0.4, 0.5) is 0 Å². The molecule has 1 heterocycles. The maximum Gasteiger partial charge on any atom is 0.335 e. The van der Waals surface area contributed by atoms with E-state index in [2.05, 4.69) is 11.4 Å². The first-order valence-electron chi connectivity index (χ1n) is 10.3. The van der Waals surface area contributed by atoms with Crippen molar-refractivity contribution in [3.05, 3.63) is 88.4 Å². The van der Waals surface area contributed by atoms with Gasteiger partial charge in [-0.1, -0.05) is 41.9 Å². The Morgan fingerprint density at radius 2 is 1.87 bits per heavy atom. The minimum absolute atomic E-state index is 0.0414. The first kappa shape index (κ1) is 21.4. The Kier molecular flexibility index (Phi) is 6.56. The van der Waals surface area contributed by atoms with E-state index in [0.717, 1.165) is 40.8 Å². The lowest BCUT2D eigenvalue weighted by molar-refractivity contribution is 0.0697. The van der Waals surface area contributed by atoms with E-state index in [1.807, 2.05) is 36.4 Å². The average molecular weight is 438 g/mol. The number of carboxylic acid groups (broad SMARTS) is 1. The molecule has 0 saturated carbocycles. The van der Waals surface area contributed by atoms with Crippen LogP contribution in [0.3, 0.4) is 0 Å². The van der Waals surface area contributed by atoms with Gasteiger partial charge in [0.2, 0.25) is 0 Å². The SMILES string of the molecule is O=C(O)c1ccc(-c2ccc3c(c2)CC[C@H](CNC[C@@H](O)c2cccc(Cl)c2)O3)cc1. The topological polar surface area (TPSA) is 78.8 Å². The van der Waals surface area contributed by atoms with Crippen LogP contribution >= 0.6 is 11.6 Å². The van der Waals surface area contributed by atoms with Crippen LogP contribution in [0.15, 0.2) is 66.7 Å². The number of ether oxygens (including phenoxy) is 1. The summed E-state index contributed by atoms with van der Waals surface area (Å²) in [5, 5.41) is 23.3. The molecule has 1 aliphatic heterocycles. The van der Waals surface area contributed by atoms with E-state index in [0.29, 0.717) is 18.1 Å². The van der Waals surface area contributed by atoms with Crippen molar-refractivity contribution in [1.29, 1.82) is 0 Å². The molecule has 3 N–H and O–H groups in total. The third-order valence-electron chi connectivity index (χ3n) is 5.50. The molecule has 0 aliphatic carbocycles. The number of benzene rings is 3. The number of carboxylic acids is 1. The second-order valence-corrected chi connectivity index (χ2v) is 8.15. The number of hydrogen-bond donors (Lipinski definition) is 3. The fourth-order valence-corrected chi connectivity index (χ4v) is 3.98. The van der Waals surface area contributed by atoms with E-state index in [1.54, 1.807) is 24.3 Å². The van der Waals surface area contributed by atoms with Gasteiger partial charge >= 0.3 is 5.97 Å². The predicted molar refractivity (Wildman–Crippen MR) is 121 cm³/mol. The van der Waals surface area contributed by atoms with E-state index in [1.165, 1.54) is 0 Å². The maximum absolute atomic E-state index is 11.0. The standard InChI is InChI=1S/C25H24ClNO4/c26-21-3-1-2-19(13-21)23(28)15-27-14-22-10-8-20-12-18(9-11-24(20)31-22)16-4-6-17(7-5-16)25(29)30/h1-7,9,11-13,22-23,27-28H,8,10,14-15H2,(H,29,30)/t22-,23-/m1/s1. The summed E-state index contributed by atoms with van der Waals surface area (Å²) in [5.74, 6) is -0.0514. The van der Waals surface area contributed by atoms with Gasteiger partial charge in [-0.15, -0.1) is 0 Å². The van der Waals surface area contributed by atoms with Crippen LogP contribution in [0.5, 0.6) is 5.75 Å². The van der Waals surface area contributed by atoms with Crippen LogP contribution in [0, 0.1) is 0 Å². The van der Waals surface area contributed by atoms with Crippen molar-refractivity contribution in [2.45, 2.75) is 25.0 Å². The molecule has 3 aromatic rings. The van der Waals surface area contributed by atoms with Crippen molar-refractivity contribution in [3.8, 4) is 16.9 Å². The minimum Gasteiger partial charge on any atom is -0.489 e. The van der Waals surface area contributed by atoms with Gasteiger partial charge in [-0.05, 0) is 71.5 Å². The summed E-state index contributed by atoms with van der Waals surface area (Å²) in [6, 6.07) is 20.2. The zero-order valence-electron chi connectivity index (χ0n) is 16.9. The molecule has 5 nitrogen and oxygen atoms in total. The van der Waals surface area contributed by atoms with Gasteiger partial charge < -0.3 is 20.3 Å². The summed E-state index contributed by atoms with van der Waals surface area (Å²) in [4.78, 5) is 11.0. The lowest BCUT2D eigenvalue weighted by Crippen LogP contribution is -2.36. The molecule has 0 aromatic heterocycles. The number of halogens is 1. The fraction of sp³-hybridized carbons (Fsp3) is 0.240. The van der Waals surface area contributed by atoms with Gasteiger partial charge in [0.25, 0.3) is 0 Å². The van der Waals surface area contributed by atoms with Crippen molar-refractivity contribution in [2.24, 2.45) is 0 Å². The highest BCUT2D eigenvalue weighted by Crippen LogP contribution is 2.32. The molecule has 6 heteroatoms. The Morgan fingerprint density at radius 1 is 1.10 bits per heavy atom. The maximum atomic E-state index is 11.0. The summed E-state index contributed by atoms with van der Waals surface area (Å²) >= 11 is 5.99. The molecule has 31 heavy (non-hydrogen) atoms. The molecule has 0 spiro atoms. The fourth-order valence-electron chi connectivity index (χ4n) is 3.79. The first-order valence-corrected chi connectivity index (χ1v) is 10.6. The van der Waals surface area contributed by atoms with Crippen LogP contribution in [0.25, 0.3) is 11.1 Å². The highest BCUT2D eigenvalue weighted by Gasteiger charge is 2.20. The van der Waals surface area contributed by atoms with Gasteiger partial charge in [0, 0.05) is 18.1 Å². The lowest BCUT2D eigenvalue weighted by atomic mass is 9.96. The Morgan fingerprint density at radius 3 is 2.61 bits per heavy atom. The summed E-state index contributed by atoms with van der Waals surface area (Å²) < 4.78 is 6.14. The summed E-state index contributed by atoms with van der Waals surface area (Å²) in [5.41, 5.74) is 4.24. The lowest BCUT2D eigenvalue weighted by Gasteiger charge is -2.27. The quantitative estimate of drug-likeness (QED) is 0.498. The van der Waals surface area contributed by atoms with Crippen LogP contribution in [0.2, 0.25) is 5.02 Å². The Balaban J connectivity index is 1.33. The monoisotopic (exact) mass is 437 g/mol. The van der Waals surface area contributed by atoms with Gasteiger partial charge in [-0.2, -0.15) is 0 Å². The van der Waals surface area contributed by atoms with E-state index in [-0.39, 0.29) is 11.7 Å². The van der Waals surface area contributed by atoms with E-state index in [9.17, 15) is 9.90 Å². The third-order valence-corrected chi connectivity index (χ3v) is 5.73. The van der Waals surface area contributed by atoms with Crippen molar-refractivity contribution in [2.75, 3.05) is 13.1 Å². The number of fused-ring (bicyclic) bond motifs is 1. The molecule has 2 atom stereocenters. The molecule has 0 fully saturated rings. The zero-order valence-corrected chi connectivity index (χ0v) is 17.7. The highest BCUT2D eigenvalue weighted by atomic mass is 35.5. The van der Waals surface area contributed by atoms with Crippen LogP contribution in [-0.2, 0) is 6.42 Å². The number of aromatic carboxylic acids is 1. The average Bonchev–Trinajstić information content (AvgIpc) is 2.78. The van der Waals surface area contributed by atoms with Crippen molar-refractivity contribution in [3.63, 3.8) is 0 Å². The molecule has 0 radical (unpaired) electrons. The summed E-state index contributed by atoms with van der Waals surface area (Å²) in [6.07, 6.45) is 1.21. The minimum atomic E-state index is -0.926. The van der Waals surface area contributed by atoms with Crippen LogP contribution in [0.1, 0.15) is 34.0 Å². The smallest absolute Gasteiger partial charge is 0.335 e. The number of rotatable bonds is 7. The predicted octanol–water partition coefficient (Wildman–Crippen LogP) is 4.72. The molecule has 160 valence electrons. The molecule has 0 unspecified atom stereocenters. The molecule has 0 amide bonds. The van der Waals surface area contributed by atoms with Crippen molar-refractivity contribution >= 4 is 17.6 Å². The van der Waals surface area contributed by atoms with Crippen LogP contribution < -0.4 is 10.1 Å². The van der Waals surface area contributed by atoms with Gasteiger partial charge in [0.1, 0.15) is 11.9 Å². The second kappa shape index (κ2) is 9.52. The number of nitrogens with one attached hydrogen (secondary N) is 1. The Hall–Kier alpha value is -2.86. The number of aliphatic hydroxyl groups excluding tert-OH is 1. The van der Waals surface area contributed by atoms with Gasteiger partial charge in [0.15, 0.2) is 0 Å². The van der Waals surface area contributed by atoms with E-state index >= 15 is 0 Å². The van der Waals surface area contributed by atoms with Gasteiger partial charge in [-0.3, -0.25) is 0 Å². The summed E-state index contributed by atoms with van der Waals surface area (Å²) in [7, 11) is 0. The summed E-state index contributed by atoms with van der Waals surface area (Å²) in [6.45, 7) is 1.08. The van der Waals surface area contributed by atoms with E-state index in [4.69, 9.17) is 21.4 Å². The largest absolute Gasteiger partial charge is 0.489 e. The molecular formula is C25H24ClNO4. The zero-order chi connectivity index (χ0) is 21.8.